The first kappa shape index (κ1) is 15.7. The number of halogens is 1. The first-order valence-electron chi connectivity index (χ1n) is 7.54. The summed E-state index contributed by atoms with van der Waals surface area (Å²) in [5, 5.41) is 3.41. The van der Waals surface area contributed by atoms with E-state index in [1.807, 2.05) is 10.8 Å². The molecule has 1 aliphatic carbocycles. The van der Waals surface area contributed by atoms with Crippen molar-refractivity contribution in [3.05, 3.63) is 35.3 Å². The Morgan fingerprint density at radius 3 is 2.96 bits per heavy atom. The monoisotopic (exact) mass is 335 g/mol. The topological polar surface area (TPSA) is 81.9 Å². The molecule has 1 N–H and O–H groups in total. The molecule has 0 amide bonds. The predicted octanol–water partition coefficient (Wildman–Crippen LogP) is 2.49. The number of carbonyl (C=O) groups is 1. The normalized spacial score (nSPS) is 13.8. The van der Waals surface area contributed by atoms with E-state index in [0.717, 1.165) is 25.8 Å². The van der Waals surface area contributed by atoms with E-state index in [2.05, 4.69) is 20.3 Å². The molecule has 3 rings (SSSR count). The van der Waals surface area contributed by atoms with Crippen molar-refractivity contribution in [2.75, 3.05) is 19.0 Å². The van der Waals surface area contributed by atoms with E-state index >= 15 is 0 Å². The van der Waals surface area contributed by atoms with Gasteiger partial charge in [-0.1, -0.05) is 11.6 Å². The first-order chi connectivity index (χ1) is 11.2. The SMILES string of the molecule is COC(=O)c1nc(C2CC2)nc(NCCCn2ccnc2)c1Cl. The number of ether oxygens (including phenoxy) is 1. The Kier molecular flexibility index (Phi) is 4.76. The number of anilines is 1. The van der Waals surface area contributed by atoms with Crippen LogP contribution in [-0.2, 0) is 11.3 Å². The van der Waals surface area contributed by atoms with Gasteiger partial charge >= 0.3 is 5.97 Å². The van der Waals surface area contributed by atoms with Crippen LogP contribution in [0.4, 0.5) is 5.82 Å². The molecule has 2 aromatic heterocycles. The highest BCUT2D eigenvalue weighted by molar-refractivity contribution is 6.35. The van der Waals surface area contributed by atoms with E-state index in [0.29, 0.717) is 24.1 Å². The maximum Gasteiger partial charge on any atom is 0.358 e. The fraction of sp³-hybridized carbons (Fsp3) is 0.467. The number of nitrogens with zero attached hydrogens (tertiary/aromatic N) is 4. The largest absolute Gasteiger partial charge is 0.464 e. The fourth-order valence-corrected chi connectivity index (χ4v) is 2.45. The first-order valence-corrected chi connectivity index (χ1v) is 7.92. The molecule has 0 saturated heterocycles. The third-order valence-corrected chi connectivity index (χ3v) is 3.99. The Hall–Kier alpha value is -2.15. The van der Waals surface area contributed by atoms with Crippen LogP contribution in [-0.4, -0.2) is 39.1 Å². The van der Waals surface area contributed by atoms with E-state index in [9.17, 15) is 4.79 Å². The van der Waals surface area contributed by atoms with Gasteiger partial charge in [0.15, 0.2) is 5.69 Å². The van der Waals surface area contributed by atoms with E-state index in [-0.39, 0.29) is 10.7 Å². The third-order valence-electron chi connectivity index (χ3n) is 3.63. The number of nitrogens with one attached hydrogen (secondary N) is 1. The van der Waals surface area contributed by atoms with Crippen LogP contribution in [0.3, 0.4) is 0 Å². The van der Waals surface area contributed by atoms with Gasteiger partial charge in [0.2, 0.25) is 0 Å². The molecule has 2 aromatic rings. The van der Waals surface area contributed by atoms with Crippen LogP contribution in [0.1, 0.15) is 41.5 Å². The molecule has 0 radical (unpaired) electrons. The van der Waals surface area contributed by atoms with Gasteiger partial charge in [-0.2, -0.15) is 0 Å². The van der Waals surface area contributed by atoms with Crippen LogP contribution in [0, 0.1) is 0 Å². The Bertz CT molecular complexity index is 685. The lowest BCUT2D eigenvalue weighted by atomic mass is 10.3. The van der Waals surface area contributed by atoms with Gasteiger partial charge in [-0.05, 0) is 19.3 Å². The van der Waals surface area contributed by atoms with E-state index in [1.165, 1.54) is 7.11 Å². The van der Waals surface area contributed by atoms with Gasteiger partial charge in [0.25, 0.3) is 0 Å². The molecule has 8 heteroatoms. The molecule has 1 fully saturated rings. The second-order valence-electron chi connectivity index (χ2n) is 5.44. The molecule has 0 bridgehead atoms. The minimum Gasteiger partial charge on any atom is -0.464 e. The quantitative estimate of drug-likeness (QED) is 0.618. The molecule has 1 aliphatic rings. The van der Waals surface area contributed by atoms with Crippen LogP contribution in [0.5, 0.6) is 0 Å². The highest BCUT2D eigenvalue weighted by Crippen LogP contribution is 2.39. The molecule has 7 nitrogen and oxygen atoms in total. The van der Waals surface area contributed by atoms with Gasteiger partial charge < -0.3 is 14.6 Å². The maximum absolute atomic E-state index is 11.8. The molecule has 2 heterocycles. The van der Waals surface area contributed by atoms with Crippen molar-refractivity contribution >= 4 is 23.4 Å². The molecule has 0 aliphatic heterocycles. The zero-order valence-electron chi connectivity index (χ0n) is 12.8. The van der Waals surface area contributed by atoms with E-state index in [1.54, 1.807) is 12.5 Å². The standard InChI is InChI=1S/C15H18ClN5O2/c1-23-15(22)12-11(16)14(20-13(19-12)10-3-4-10)18-5-2-7-21-8-6-17-9-21/h6,8-10H,2-5,7H2,1H3,(H,18,19,20). The summed E-state index contributed by atoms with van der Waals surface area (Å²) in [5.41, 5.74) is 0.128. The van der Waals surface area contributed by atoms with Gasteiger partial charge in [0, 0.05) is 31.4 Å². The molecular formula is C15H18ClN5O2. The molecular weight excluding hydrogens is 318 g/mol. The van der Waals surface area contributed by atoms with Gasteiger partial charge in [0.05, 0.1) is 13.4 Å². The summed E-state index contributed by atoms with van der Waals surface area (Å²) in [5.74, 6) is 0.935. The second kappa shape index (κ2) is 6.95. The van der Waals surface area contributed by atoms with Gasteiger partial charge in [-0.25, -0.2) is 19.7 Å². The summed E-state index contributed by atoms with van der Waals surface area (Å²) in [7, 11) is 1.32. The number of hydrogen-bond acceptors (Lipinski definition) is 6. The summed E-state index contributed by atoms with van der Waals surface area (Å²) in [6, 6.07) is 0. The molecule has 0 unspecified atom stereocenters. The lowest BCUT2D eigenvalue weighted by Gasteiger charge is -2.12. The number of imidazole rings is 1. The van der Waals surface area contributed by atoms with Gasteiger partial charge in [-0.3, -0.25) is 0 Å². The molecule has 0 atom stereocenters. The second-order valence-corrected chi connectivity index (χ2v) is 5.82. The number of hydrogen-bond donors (Lipinski definition) is 1. The van der Waals surface area contributed by atoms with E-state index in [4.69, 9.17) is 16.3 Å². The predicted molar refractivity (Wildman–Crippen MR) is 85.7 cm³/mol. The molecule has 0 aromatic carbocycles. The minimum atomic E-state index is -0.541. The number of aromatic nitrogens is 4. The zero-order chi connectivity index (χ0) is 16.2. The Morgan fingerprint density at radius 2 is 2.30 bits per heavy atom. The van der Waals surface area contributed by atoms with Crippen molar-refractivity contribution in [1.29, 1.82) is 0 Å². The average Bonchev–Trinajstić information content (AvgIpc) is 3.28. The number of esters is 1. The number of carbonyl (C=O) groups excluding carboxylic acids is 1. The van der Waals surface area contributed by atoms with Crippen molar-refractivity contribution in [3.8, 4) is 0 Å². The van der Waals surface area contributed by atoms with Crippen molar-refractivity contribution in [1.82, 2.24) is 19.5 Å². The van der Waals surface area contributed by atoms with Crippen LogP contribution < -0.4 is 5.32 Å². The summed E-state index contributed by atoms with van der Waals surface area (Å²) in [6.07, 6.45) is 8.41. The Morgan fingerprint density at radius 1 is 1.48 bits per heavy atom. The maximum atomic E-state index is 11.8. The molecule has 1 saturated carbocycles. The molecule has 0 spiro atoms. The van der Waals surface area contributed by atoms with Gasteiger partial charge in [0.1, 0.15) is 16.7 Å². The summed E-state index contributed by atoms with van der Waals surface area (Å²) in [4.78, 5) is 24.6. The van der Waals surface area contributed by atoms with Crippen molar-refractivity contribution in [3.63, 3.8) is 0 Å². The summed E-state index contributed by atoms with van der Waals surface area (Å²) in [6.45, 7) is 1.52. The van der Waals surface area contributed by atoms with Crippen LogP contribution in [0.15, 0.2) is 18.7 Å². The van der Waals surface area contributed by atoms with Crippen LogP contribution in [0.2, 0.25) is 5.02 Å². The number of methoxy groups -OCH3 is 1. The number of rotatable bonds is 7. The minimum absolute atomic E-state index is 0.128. The summed E-state index contributed by atoms with van der Waals surface area (Å²) >= 11 is 6.25. The Balaban J connectivity index is 1.69. The van der Waals surface area contributed by atoms with E-state index < -0.39 is 5.97 Å². The lowest BCUT2D eigenvalue weighted by Crippen LogP contribution is -2.14. The third kappa shape index (κ3) is 3.79. The Labute approximate surface area is 139 Å². The van der Waals surface area contributed by atoms with Crippen molar-refractivity contribution < 1.29 is 9.53 Å². The molecule has 23 heavy (non-hydrogen) atoms. The average molecular weight is 336 g/mol. The highest BCUT2D eigenvalue weighted by atomic mass is 35.5. The van der Waals surface area contributed by atoms with Gasteiger partial charge in [-0.15, -0.1) is 0 Å². The molecule has 122 valence electrons. The van der Waals surface area contributed by atoms with Crippen molar-refractivity contribution in [2.24, 2.45) is 0 Å². The zero-order valence-corrected chi connectivity index (χ0v) is 13.6. The van der Waals surface area contributed by atoms with Crippen LogP contribution >= 0.6 is 11.6 Å². The lowest BCUT2D eigenvalue weighted by molar-refractivity contribution is 0.0593. The number of aryl methyl sites for hydroxylation is 1. The van der Waals surface area contributed by atoms with Crippen molar-refractivity contribution in [2.45, 2.75) is 31.7 Å². The smallest absolute Gasteiger partial charge is 0.358 e. The fourth-order valence-electron chi connectivity index (χ4n) is 2.22. The summed E-state index contributed by atoms with van der Waals surface area (Å²) < 4.78 is 6.75. The van der Waals surface area contributed by atoms with Crippen LogP contribution in [0.25, 0.3) is 0 Å². The highest BCUT2D eigenvalue weighted by Gasteiger charge is 2.30.